The van der Waals surface area contributed by atoms with Gasteiger partial charge in [0.1, 0.15) is 0 Å². The highest BCUT2D eigenvalue weighted by Crippen LogP contribution is 2.30. The molecule has 2 rings (SSSR count). The zero-order valence-corrected chi connectivity index (χ0v) is 18.7. The molecule has 0 heterocycles. The van der Waals surface area contributed by atoms with Crippen molar-refractivity contribution in [2.45, 2.75) is 38.6 Å². The van der Waals surface area contributed by atoms with Gasteiger partial charge in [-0.05, 0) is 38.9 Å². The first-order valence-electron chi connectivity index (χ1n) is 9.16. The van der Waals surface area contributed by atoms with E-state index in [-0.39, 0.29) is 24.0 Å². The van der Waals surface area contributed by atoms with E-state index in [0.717, 1.165) is 36.5 Å². The molecule has 0 bridgehead atoms. The van der Waals surface area contributed by atoms with Gasteiger partial charge in [-0.1, -0.05) is 12.8 Å². The molecule has 0 atom stereocenters. The van der Waals surface area contributed by atoms with Crippen LogP contribution in [-0.2, 0) is 0 Å². The van der Waals surface area contributed by atoms with Gasteiger partial charge in [0.15, 0.2) is 17.5 Å². The zero-order chi connectivity index (χ0) is 18.1. The first-order valence-corrected chi connectivity index (χ1v) is 9.16. The highest BCUT2D eigenvalue weighted by Gasteiger charge is 2.18. The average molecular weight is 476 g/mol. The Morgan fingerprint density at radius 1 is 1.27 bits per heavy atom. The molecule has 1 aliphatic carbocycles. The predicted octanol–water partition coefficient (Wildman–Crippen LogP) is 3.57. The second-order valence-corrected chi connectivity index (χ2v) is 6.34. The fourth-order valence-corrected chi connectivity index (χ4v) is 3.21. The average Bonchev–Trinajstić information content (AvgIpc) is 3.16. The summed E-state index contributed by atoms with van der Waals surface area (Å²) < 4.78 is 10.9. The van der Waals surface area contributed by atoms with Crippen LogP contribution in [0.15, 0.2) is 23.2 Å². The second kappa shape index (κ2) is 12.2. The SMILES string of the molecule is CCOc1ccc(NC(=NC)NCCN(C)C2CCCC2)cc1OC.I. The molecule has 0 unspecified atom stereocenters. The van der Waals surface area contributed by atoms with E-state index in [0.29, 0.717) is 12.4 Å². The number of rotatable bonds is 8. The quantitative estimate of drug-likeness (QED) is 0.342. The molecule has 2 N–H and O–H groups in total. The third-order valence-corrected chi connectivity index (χ3v) is 4.65. The number of benzene rings is 1. The maximum absolute atomic E-state index is 5.55. The second-order valence-electron chi connectivity index (χ2n) is 6.34. The molecule has 1 aliphatic rings. The highest BCUT2D eigenvalue weighted by atomic mass is 127. The third kappa shape index (κ3) is 6.83. The van der Waals surface area contributed by atoms with Crippen molar-refractivity contribution in [1.82, 2.24) is 10.2 Å². The van der Waals surface area contributed by atoms with Gasteiger partial charge in [-0.2, -0.15) is 0 Å². The number of methoxy groups -OCH3 is 1. The van der Waals surface area contributed by atoms with Crippen molar-refractivity contribution < 1.29 is 9.47 Å². The first kappa shape index (κ1) is 22.8. The fraction of sp³-hybridized carbons (Fsp3) is 0.632. The Labute approximate surface area is 174 Å². The van der Waals surface area contributed by atoms with Crippen LogP contribution in [0, 0.1) is 0 Å². The van der Waals surface area contributed by atoms with Crippen LogP contribution in [0.4, 0.5) is 5.69 Å². The summed E-state index contributed by atoms with van der Waals surface area (Å²) in [4.78, 5) is 6.75. The number of aliphatic imine (C=N–C) groups is 1. The van der Waals surface area contributed by atoms with E-state index >= 15 is 0 Å². The number of halogens is 1. The van der Waals surface area contributed by atoms with Crippen LogP contribution in [0.2, 0.25) is 0 Å². The zero-order valence-electron chi connectivity index (χ0n) is 16.4. The maximum atomic E-state index is 5.55. The van der Waals surface area contributed by atoms with Crippen molar-refractivity contribution >= 4 is 35.6 Å². The van der Waals surface area contributed by atoms with Gasteiger partial charge in [-0.25, -0.2) is 0 Å². The number of likely N-dealkylation sites (N-methyl/N-ethyl adjacent to an activating group) is 1. The van der Waals surface area contributed by atoms with Crippen molar-refractivity contribution in [2.24, 2.45) is 4.99 Å². The van der Waals surface area contributed by atoms with Crippen LogP contribution in [0.5, 0.6) is 11.5 Å². The van der Waals surface area contributed by atoms with Crippen LogP contribution in [0.1, 0.15) is 32.6 Å². The van der Waals surface area contributed by atoms with E-state index in [4.69, 9.17) is 9.47 Å². The van der Waals surface area contributed by atoms with E-state index in [1.165, 1.54) is 25.7 Å². The number of guanidine groups is 1. The molecule has 1 saturated carbocycles. The van der Waals surface area contributed by atoms with Crippen LogP contribution < -0.4 is 20.1 Å². The summed E-state index contributed by atoms with van der Waals surface area (Å²) in [5, 5.41) is 6.68. The number of anilines is 1. The third-order valence-electron chi connectivity index (χ3n) is 4.65. The highest BCUT2D eigenvalue weighted by molar-refractivity contribution is 14.0. The maximum Gasteiger partial charge on any atom is 0.195 e. The van der Waals surface area contributed by atoms with Crippen molar-refractivity contribution in [3.63, 3.8) is 0 Å². The Morgan fingerprint density at radius 3 is 2.62 bits per heavy atom. The van der Waals surface area contributed by atoms with Gasteiger partial charge in [0.05, 0.1) is 13.7 Å². The van der Waals surface area contributed by atoms with E-state index in [9.17, 15) is 0 Å². The molecule has 1 aromatic carbocycles. The Kier molecular flexibility index (Phi) is 10.7. The lowest BCUT2D eigenvalue weighted by atomic mass is 10.2. The van der Waals surface area contributed by atoms with E-state index in [2.05, 4.69) is 27.6 Å². The smallest absolute Gasteiger partial charge is 0.195 e. The minimum absolute atomic E-state index is 0. The summed E-state index contributed by atoms with van der Waals surface area (Å²) in [6.45, 7) is 4.44. The molecule has 0 spiro atoms. The summed E-state index contributed by atoms with van der Waals surface area (Å²) in [6.07, 6.45) is 5.39. The lowest BCUT2D eigenvalue weighted by Gasteiger charge is -2.24. The van der Waals surface area contributed by atoms with Gasteiger partial charge >= 0.3 is 0 Å². The molecular weight excluding hydrogens is 443 g/mol. The molecule has 0 saturated heterocycles. The summed E-state index contributed by atoms with van der Waals surface area (Å²) in [6, 6.07) is 6.53. The van der Waals surface area contributed by atoms with Crippen LogP contribution in [0.3, 0.4) is 0 Å². The Balaban J connectivity index is 0.00000338. The van der Waals surface area contributed by atoms with Crippen molar-refractivity contribution in [1.29, 1.82) is 0 Å². The van der Waals surface area contributed by atoms with E-state index in [1.54, 1.807) is 14.2 Å². The molecule has 148 valence electrons. The number of hydrogen-bond donors (Lipinski definition) is 2. The predicted molar refractivity (Wildman–Crippen MR) is 119 cm³/mol. The van der Waals surface area contributed by atoms with Crippen LogP contribution >= 0.6 is 24.0 Å². The summed E-state index contributed by atoms with van der Waals surface area (Å²) in [7, 11) is 5.64. The molecule has 0 radical (unpaired) electrons. The molecule has 7 heteroatoms. The lowest BCUT2D eigenvalue weighted by Crippen LogP contribution is -2.39. The number of nitrogens with one attached hydrogen (secondary N) is 2. The van der Waals surface area contributed by atoms with Crippen LogP contribution in [-0.4, -0.2) is 57.8 Å². The molecule has 1 aromatic rings. The van der Waals surface area contributed by atoms with Gasteiger partial charge in [-0.15, -0.1) is 24.0 Å². The van der Waals surface area contributed by atoms with E-state index < -0.39 is 0 Å². The van der Waals surface area contributed by atoms with Gasteiger partial charge in [0.25, 0.3) is 0 Å². The van der Waals surface area contributed by atoms with Gasteiger partial charge < -0.3 is 25.0 Å². The van der Waals surface area contributed by atoms with Gasteiger partial charge in [0, 0.05) is 37.9 Å². The topological polar surface area (TPSA) is 58.1 Å². The molecule has 26 heavy (non-hydrogen) atoms. The molecule has 0 aromatic heterocycles. The summed E-state index contributed by atoms with van der Waals surface area (Å²) in [5.74, 6) is 2.21. The largest absolute Gasteiger partial charge is 0.493 e. The first-order chi connectivity index (χ1) is 12.2. The van der Waals surface area contributed by atoms with Crippen molar-refractivity contribution in [3.05, 3.63) is 18.2 Å². The van der Waals surface area contributed by atoms with Crippen LogP contribution in [0.25, 0.3) is 0 Å². The number of hydrogen-bond acceptors (Lipinski definition) is 4. The Morgan fingerprint density at radius 2 is 2.00 bits per heavy atom. The Bertz CT molecular complexity index is 562. The summed E-state index contributed by atoms with van der Waals surface area (Å²) in [5.41, 5.74) is 0.914. The molecular formula is C19H33IN4O2. The molecule has 0 amide bonds. The minimum atomic E-state index is 0. The lowest BCUT2D eigenvalue weighted by molar-refractivity contribution is 0.249. The minimum Gasteiger partial charge on any atom is -0.493 e. The molecule has 0 aliphatic heterocycles. The van der Waals surface area contributed by atoms with Gasteiger partial charge in [0.2, 0.25) is 0 Å². The molecule has 6 nitrogen and oxygen atoms in total. The normalized spacial score (nSPS) is 14.9. The fourth-order valence-electron chi connectivity index (χ4n) is 3.21. The van der Waals surface area contributed by atoms with Gasteiger partial charge in [-0.3, -0.25) is 4.99 Å². The standard InChI is InChI=1S/C19H32N4O2.HI/c1-5-25-17-11-10-15(14-18(17)24-4)22-19(20-2)21-12-13-23(3)16-8-6-7-9-16;/h10-11,14,16H,5-9,12-13H2,1-4H3,(H2,20,21,22);1H. The number of ether oxygens (including phenoxy) is 2. The Hall–Kier alpha value is -1.22. The number of nitrogens with zero attached hydrogens (tertiary/aromatic N) is 2. The van der Waals surface area contributed by atoms with E-state index in [1.807, 2.05) is 25.1 Å². The summed E-state index contributed by atoms with van der Waals surface area (Å²) >= 11 is 0. The monoisotopic (exact) mass is 476 g/mol. The van der Waals surface area contributed by atoms with Crippen molar-refractivity contribution in [3.8, 4) is 11.5 Å². The molecule has 1 fully saturated rings. The van der Waals surface area contributed by atoms with Crippen molar-refractivity contribution in [2.75, 3.05) is 46.2 Å².